The van der Waals surface area contributed by atoms with Crippen molar-refractivity contribution in [1.82, 2.24) is 14.9 Å². The Kier molecular flexibility index (Phi) is 4.42. The number of hydrogen-bond acceptors (Lipinski definition) is 6. The van der Waals surface area contributed by atoms with Gasteiger partial charge in [-0.3, -0.25) is 4.79 Å². The number of anilines is 3. The van der Waals surface area contributed by atoms with Gasteiger partial charge in [-0.2, -0.15) is 0 Å². The average Bonchev–Trinajstić information content (AvgIpc) is 3.41. The summed E-state index contributed by atoms with van der Waals surface area (Å²) in [7, 11) is 0. The monoisotopic (exact) mass is 389 g/mol. The molecule has 148 valence electrons. The van der Waals surface area contributed by atoms with E-state index in [1.165, 1.54) is 17.5 Å². The molecule has 29 heavy (non-hydrogen) atoms. The Balaban J connectivity index is 1.32. The van der Waals surface area contributed by atoms with Gasteiger partial charge in [0.2, 0.25) is 0 Å². The summed E-state index contributed by atoms with van der Waals surface area (Å²) in [5.74, 6) is 2.16. The highest BCUT2D eigenvalue weighted by atomic mass is 16.3. The van der Waals surface area contributed by atoms with Crippen molar-refractivity contribution in [2.24, 2.45) is 0 Å². The third-order valence-electron chi connectivity index (χ3n) is 5.72. The van der Waals surface area contributed by atoms with Crippen LogP contribution in [0.2, 0.25) is 0 Å². The summed E-state index contributed by atoms with van der Waals surface area (Å²) in [6.07, 6.45) is 4.19. The predicted octanol–water partition coefficient (Wildman–Crippen LogP) is 3.11. The highest BCUT2D eigenvalue weighted by Crippen LogP contribution is 2.37. The van der Waals surface area contributed by atoms with Crippen LogP contribution < -0.4 is 9.80 Å². The first kappa shape index (κ1) is 17.7. The Morgan fingerprint density at radius 1 is 1.03 bits per heavy atom. The topological polar surface area (TPSA) is 65.7 Å². The number of carbonyl (C=O) groups excluding carboxylic acids is 1. The zero-order valence-electron chi connectivity index (χ0n) is 16.4. The summed E-state index contributed by atoms with van der Waals surface area (Å²) in [6.45, 7) is 4.97. The summed E-state index contributed by atoms with van der Waals surface area (Å²) >= 11 is 0. The maximum atomic E-state index is 12.5. The lowest BCUT2D eigenvalue weighted by molar-refractivity contribution is 0.0714. The maximum Gasteiger partial charge on any atom is 0.289 e. The number of amides is 1. The number of fused-ring (bicyclic) bond motifs is 1. The SMILES string of the molecule is CC1Cc2ccccc2N1c1cc(N2CCN(C(=O)c3ccco3)CC2)ncn1. The van der Waals surface area contributed by atoms with E-state index in [2.05, 4.69) is 57.0 Å². The van der Waals surface area contributed by atoms with Crippen molar-refractivity contribution in [1.29, 1.82) is 0 Å². The van der Waals surface area contributed by atoms with Gasteiger partial charge in [-0.25, -0.2) is 9.97 Å². The van der Waals surface area contributed by atoms with Crippen LogP contribution in [0.15, 0.2) is 59.5 Å². The summed E-state index contributed by atoms with van der Waals surface area (Å²) in [4.78, 5) is 27.9. The minimum atomic E-state index is -0.0551. The van der Waals surface area contributed by atoms with E-state index < -0.39 is 0 Å². The molecule has 2 aliphatic heterocycles. The molecule has 2 aliphatic rings. The molecule has 4 heterocycles. The zero-order valence-corrected chi connectivity index (χ0v) is 16.4. The number of para-hydroxylation sites is 1. The lowest BCUT2D eigenvalue weighted by Crippen LogP contribution is -2.49. The summed E-state index contributed by atoms with van der Waals surface area (Å²) in [5, 5.41) is 0. The van der Waals surface area contributed by atoms with Gasteiger partial charge >= 0.3 is 0 Å². The van der Waals surface area contributed by atoms with Crippen LogP contribution in [0.25, 0.3) is 0 Å². The number of carbonyl (C=O) groups is 1. The Hall–Kier alpha value is -3.35. The number of nitrogens with zero attached hydrogens (tertiary/aromatic N) is 5. The molecule has 0 spiro atoms. The Bertz CT molecular complexity index is 1010. The van der Waals surface area contributed by atoms with E-state index in [1.54, 1.807) is 18.5 Å². The Labute approximate surface area is 169 Å². The van der Waals surface area contributed by atoms with Crippen molar-refractivity contribution in [3.05, 3.63) is 66.4 Å². The van der Waals surface area contributed by atoms with E-state index in [-0.39, 0.29) is 5.91 Å². The Morgan fingerprint density at radius 2 is 1.83 bits per heavy atom. The van der Waals surface area contributed by atoms with Crippen molar-refractivity contribution >= 4 is 23.2 Å². The molecule has 1 atom stereocenters. The smallest absolute Gasteiger partial charge is 0.289 e. The molecule has 1 saturated heterocycles. The number of hydrogen-bond donors (Lipinski definition) is 0. The molecule has 1 aromatic carbocycles. The molecule has 3 aromatic rings. The third kappa shape index (κ3) is 3.22. The van der Waals surface area contributed by atoms with Gasteiger partial charge in [0, 0.05) is 44.0 Å². The second-order valence-electron chi connectivity index (χ2n) is 7.54. The van der Waals surface area contributed by atoms with Crippen LogP contribution in [0.3, 0.4) is 0 Å². The quantitative estimate of drug-likeness (QED) is 0.686. The molecule has 0 saturated carbocycles. The van der Waals surface area contributed by atoms with Gasteiger partial charge in [0.15, 0.2) is 5.76 Å². The third-order valence-corrected chi connectivity index (χ3v) is 5.72. The van der Waals surface area contributed by atoms with E-state index in [0.29, 0.717) is 24.9 Å². The van der Waals surface area contributed by atoms with Gasteiger partial charge in [0.1, 0.15) is 18.0 Å². The number of furan rings is 1. The van der Waals surface area contributed by atoms with Gasteiger partial charge < -0.3 is 19.1 Å². The normalized spacial score (nSPS) is 18.8. The fourth-order valence-electron chi connectivity index (χ4n) is 4.25. The van der Waals surface area contributed by atoms with Crippen LogP contribution in [-0.4, -0.2) is 53.0 Å². The van der Waals surface area contributed by atoms with Gasteiger partial charge in [0.05, 0.1) is 6.26 Å². The van der Waals surface area contributed by atoms with Gasteiger partial charge in [-0.15, -0.1) is 0 Å². The average molecular weight is 389 g/mol. The summed E-state index contributed by atoms with van der Waals surface area (Å²) in [6, 6.07) is 14.4. The Morgan fingerprint density at radius 3 is 2.62 bits per heavy atom. The molecule has 5 rings (SSSR count). The second-order valence-corrected chi connectivity index (χ2v) is 7.54. The molecule has 0 N–H and O–H groups in total. The predicted molar refractivity (Wildman–Crippen MR) is 111 cm³/mol. The van der Waals surface area contributed by atoms with Crippen molar-refractivity contribution in [2.45, 2.75) is 19.4 Å². The minimum absolute atomic E-state index is 0.0551. The highest BCUT2D eigenvalue weighted by Gasteiger charge is 2.29. The molecule has 1 fully saturated rings. The largest absolute Gasteiger partial charge is 0.459 e. The number of piperazine rings is 1. The number of aromatic nitrogens is 2. The first-order valence-electron chi connectivity index (χ1n) is 9.97. The molecule has 1 unspecified atom stereocenters. The first-order valence-corrected chi connectivity index (χ1v) is 9.97. The number of benzene rings is 1. The lowest BCUT2D eigenvalue weighted by atomic mass is 10.1. The molecular weight excluding hydrogens is 366 g/mol. The van der Waals surface area contributed by atoms with E-state index in [9.17, 15) is 4.79 Å². The number of rotatable bonds is 3. The molecule has 2 aromatic heterocycles. The minimum Gasteiger partial charge on any atom is -0.459 e. The van der Waals surface area contributed by atoms with Gasteiger partial charge in [0.25, 0.3) is 5.91 Å². The molecule has 0 bridgehead atoms. The van der Waals surface area contributed by atoms with Crippen LogP contribution in [0.5, 0.6) is 0 Å². The van der Waals surface area contributed by atoms with Crippen molar-refractivity contribution in [2.75, 3.05) is 36.0 Å². The van der Waals surface area contributed by atoms with E-state index in [4.69, 9.17) is 4.42 Å². The molecule has 0 radical (unpaired) electrons. The zero-order chi connectivity index (χ0) is 19.8. The van der Waals surface area contributed by atoms with Crippen molar-refractivity contribution in [3.8, 4) is 0 Å². The first-order chi connectivity index (χ1) is 14.2. The van der Waals surface area contributed by atoms with Gasteiger partial charge in [-0.05, 0) is 37.1 Å². The van der Waals surface area contributed by atoms with E-state index >= 15 is 0 Å². The molecule has 7 heteroatoms. The fraction of sp³-hybridized carbons (Fsp3) is 0.318. The van der Waals surface area contributed by atoms with Crippen LogP contribution in [0.4, 0.5) is 17.3 Å². The van der Waals surface area contributed by atoms with E-state index in [0.717, 1.165) is 31.1 Å². The maximum absolute atomic E-state index is 12.5. The van der Waals surface area contributed by atoms with Crippen molar-refractivity contribution in [3.63, 3.8) is 0 Å². The van der Waals surface area contributed by atoms with Crippen LogP contribution in [-0.2, 0) is 6.42 Å². The fourth-order valence-corrected chi connectivity index (χ4v) is 4.25. The molecule has 0 aliphatic carbocycles. The molecule has 7 nitrogen and oxygen atoms in total. The van der Waals surface area contributed by atoms with Crippen LogP contribution in [0.1, 0.15) is 23.0 Å². The van der Waals surface area contributed by atoms with E-state index in [1.807, 2.05) is 4.90 Å². The highest BCUT2D eigenvalue weighted by molar-refractivity contribution is 5.91. The second kappa shape index (κ2) is 7.24. The van der Waals surface area contributed by atoms with Crippen LogP contribution in [0, 0.1) is 0 Å². The van der Waals surface area contributed by atoms with Crippen molar-refractivity contribution < 1.29 is 9.21 Å². The molecular formula is C22H23N5O2. The molecule has 1 amide bonds. The standard InChI is InChI=1S/C22H23N5O2/c1-16-13-17-5-2-3-6-18(17)27(16)21-14-20(23-15-24-21)25-8-10-26(11-9-25)22(28)19-7-4-12-29-19/h2-7,12,14-16H,8-11,13H2,1H3. The summed E-state index contributed by atoms with van der Waals surface area (Å²) in [5.41, 5.74) is 2.57. The summed E-state index contributed by atoms with van der Waals surface area (Å²) < 4.78 is 5.24. The van der Waals surface area contributed by atoms with Crippen LogP contribution >= 0.6 is 0 Å². The van der Waals surface area contributed by atoms with Gasteiger partial charge in [-0.1, -0.05) is 18.2 Å². The lowest BCUT2D eigenvalue weighted by Gasteiger charge is -2.35.